The summed E-state index contributed by atoms with van der Waals surface area (Å²) < 4.78 is 38.6. The summed E-state index contributed by atoms with van der Waals surface area (Å²) in [5.41, 5.74) is -1.09. The van der Waals surface area contributed by atoms with Crippen molar-refractivity contribution in [1.82, 2.24) is 20.5 Å². The molecule has 2 aliphatic rings. The Morgan fingerprint density at radius 3 is 2.61 bits per heavy atom. The maximum Gasteiger partial charge on any atom is 0.416 e. The standard InChI is InChI=1S/C26H31F3N4O3/c1-17-12-21(16-33(17)22-7-9-25(36,10-8-22)20-6-3-11-30-14-20)32-23(34)15-31-24(35)18-4-2-5-19(13-18)26(27,28)29/h2-6,11,13-14,17,21-22,36H,7-10,12,15-16H2,1H3,(H,31,35)(H,32,34)/t17-,21+,22?,25?/m0/s1. The van der Waals surface area contributed by atoms with Gasteiger partial charge in [0.1, 0.15) is 0 Å². The Morgan fingerprint density at radius 2 is 1.94 bits per heavy atom. The number of alkyl halides is 3. The number of hydrogen-bond donors (Lipinski definition) is 3. The first kappa shape index (κ1) is 26.1. The van der Waals surface area contributed by atoms with E-state index in [4.69, 9.17) is 0 Å². The van der Waals surface area contributed by atoms with Gasteiger partial charge in [0.05, 0.1) is 17.7 Å². The van der Waals surface area contributed by atoms with Crippen LogP contribution < -0.4 is 10.6 Å². The molecule has 36 heavy (non-hydrogen) atoms. The number of nitrogens with zero attached hydrogens (tertiary/aromatic N) is 2. The van der Waals surface area contributed by atoms with Crippen LogP contribution in [0, 0.1) is 0 Å². The van der Waals surface area contributed by atoms with Crippen molar-refractivity contribution in [3.05, 3.63) is 65.5 Å². The van der Waals surface area contributed by atoms with Crippen molar-refractivity contribution in [3.63, 3.8) is 0 Å². The summed E-state index contributed by atoms with van der Waals surface area (Å²) in [6, 6.07) is 8.31. The SMILES string of the molecule is C[C@H]1C[C@@H](NC(=O)CNC(=O)c2cccc(C(F)(F)F)c2)CN1C1CCC(O)(c2cccnc2)CC1. The topological polar surface area (TPSA) is 94.6 Å². The molecule has 1 saturated carbocycles. The van der Waals surface area contributed by atoms with Gasteiger partial charge >= 0.3 is 6.18 Å². The van der Waals surface area contributed by atoms with Gasteiger partial charge < -0.3 is 15.7 Å². The summed E-state index contributed by atoms with van der Waals surface area (Å²) in [6.07, 6.45) is 2.58. The molecule has 7 nitrogen and oxygen atoms in total. The van der Waals surface area contributed by atoms with Crippen LogP contribution in [0.5, 0.6) is 0 Å². The summed E-state index contributed by atoms with van der Waals surface area (Å²) in [7, 11) is 0. The Bertz CT molecular complexity index is 1070. The minimum absolute atomic E-state index is 0.0860. The molecule has 4 rings (SSSR count). The number of nitrogens with one attached hydrogen (secondary N) is 2. The number of aliphatic hydroxyl groups is 1. The summed E-state index contributed by atoms with van der Waals surface area (Å²) in [4.78, 5) is 31.2. The fraction of sp³-hybridized carbons (Fsp3) is 0.500. The van der Waals surface area contributed by atoms with Crippen molar-refractivity contribution < 1.29 is 27.9 Å². The number of hydrogen-bond acceptors (Lipinski definition) is 5. The zero-order valence-electron chi connectivity index (χ0n) is 20.1. The van der Waals surface area contributed by atoms with Crippen molar-refractivity contribution in [2.75, 3.05) is 13.1 Å². The van der Waals surface area contributed by atoms with Crippen molar-refractivity contribution in [2.45, 2.75) is 68.9 Å². The fourth-order valence-electron chi connectivity index (χ4n) is 5.39. The highest BCUT2D eigenvalue weighted by atomic mass is 19.4. The number of amides is 2. The van der Waals surface area contributed by atoms with Gasteiger partial charge in [0, 0.05) is 48.2 Å². The lowest BCUT2D eigenvalue weighted by molar-refractivity contribution is -0.137. The predicted molar refractivity (Wildman–Crippen MR) is 127 cm³/mol. The van der Waals surface area contributed by atoms with E-state index in [-0.39, 0.29) is 30.1 Å². The lowest BCUT2D eigenvalue weighted by Gasteiger charge is -2.41. The molecule has 1 saturated heterocycles. The van der Waals surface area contributed by atoms with Crippen LogP contribution in [0.4, 0.5) is 13.2 Å². The number of carbonyl (C=O) groups is 2. The maximum atomic E-state index is 12.9. The molecule has 194 valence electrons. The van der Waals surface area contributed by atoms with Gasteiger partial charge in [-0.2, -0.15) is 13.2 Å². The van der Waals surface area contributed by atoms with Gasteiger partial charge in [-0.3, -0.25) is 19.5 Å². The number of likely N-dealkylation sites (tertiary alicyclic amines) is 1. The molecule has 10 heteroatoms. The van der Waals surface area contributed by atoms with E-state index in [9.17, 15) is 27.9 Å². The zero-order chi connectivity index (χ0) is 25.9. The molecule has 2 fully saturated rings. The summed E-state index contributed by atoms with van der Waals surface area (Å²) in [5, 5.41) is 16.4. The Kier molecular flexibility index (Phi) is 7.65. The Balaban J connectivity index is 1.25. The minimum Gasteiger partial charge on any atom is -0.385 e. The predicted octanol–water partition coefficient (Wildman–Crippen LogP) is 3.24. The average Bonchev–Trinajstić information content (AvgIpc) is 3.22. The van der Waals surface area contributed by atoms with Crippen LogP contribution in [0.25, 0.3) is 0 Å². The summed E-state index contributed by atoms with van der Waals surface area (Å²) in [5.74, 6) is -1.12. The normalized spacial score (nSPS) is 27.0. The fourth-order valence-corrected chi connectivity index (χ4v) is 5.39. The third-order valence-electron chi connectivity index (χ3n) is 7.30. The molecular formula is C26H31F3N4O3. The third-order valence-corrected chi connectivity index (χ3v) is 7.30. The molecule has 0 spiro atoms. The molecule has 1 aromatic carbocycles. The number of pyridine rings is 1. The van der Waals surface area contributed by atoms with E-state index in [1.807, 2.05) is 12.1 Å². The lowest BCUT2D eigenvalue weighted by atomic mass is 9.78. The van der Waals surface area contributed by atoms with Gasteiger partial charge in [0.2, 0.25) is 5.91 Å². The molecule has 1 aliphatic carbocycles. The molecule has 3 N–H and O–H groups in total. The lowest BCUT2D eigenvalue weighted by Crippen LogP contribution is -2.46. The van der Waals surface area contributed by atoms with Crippen LogP contribution in [0.2, 0.25) is 0 Å². The number of carbonyl (C=O) groups excluding carboxylic acids is 2. The second-order valence-electron chi connectivity index (χ2n) is 9.81. The number of aromatic nitrogens is 1. The van der Waals surface area contributed by atoms with Crippen molar-refractivity contribution in [3.8, 4) is 0 Å². The number of halogens is 3. The smallest absolute Gasteiger partial charge is 0.385 e. The van der Waals surface area contributed by atoms with Gasteiger partial charge in [0.25, 0.3) is 5.91 Å². The molecule has 2 heterocycles. The summed E-state index contributed by atoms with van der Waals surface area (Å²) in [6.45, 7) is 2.47. The minimum atomic E-state index is -4.55. The van der Waals surface area contributed by atoms with Crippen LogP contribution in [-0.2, 0) is 16.6 Å². The third kappa shape index (κ3) is 6.04. The Morgan fingerprint density at radius 1 is 1.19 bits per heavy atom. The highest BCUT2D eigenvalue weighted by Gasteiger charge is 2.41. The second-order valence-corrected chi connectivity index (χ2v) is 9.81. The molecule has 2 aromatic rings. The van der Waals surface area contributed by atoms with E-state index in [0.717, 1.165) is 43.0 Å². The van der Waals surface area contributed by atoms with Crippen LogP contribution in [0.3, 0.4) is 0 Å². The van der Waals surface area contributed by atoms with Gasteiger partial charge in [0.15, 0.2) is 0 Å². The van der Waals surface area contributed by atoms with Gasteiger partial charge in [-0.15, -0.1) is 0 Å². The van der Waals surface area contributed by atoms with E-state index in [1.165, 1.54) is 6.07 Å². The zero-order valence-corrected chi connectivity index (χ0v) is 20.1. The first-order chi connectivity index (χ1) is 17.0. The largest absolute Gasteiger partial charge is 0.416 e. The first-order valence-electron chi connectivity index (χ1n) is 12.2. The van der Waals surface area contributed by atoms with Crippen molar-refractivity contribution >= 4 is 11.8 Å². The van der Waals surface area contributed by atoms with E-state index in [0.29, 0.717) is 25.4 Å². The quantitative estimate of drug-likeness (QED) is 0.562. The Labute approximate surface area is 208 Å². The molecule has 1 aromatic heterocycles. The van der Waals surface area contributed by atoms with E-state index < -0.39 is 23.2 Å². The van der Waals surface area contributed by atoms with Gasteiger partial charge in [-0.1, -0.05) is 12.1 Å². The van der Waals surface area contributed by atoms with E-state index in [1.54, 1.807) is 12.4 Å². The maximum absolute atomic E-state index is 12.9. The van der Waals surface area contributed by atoms with E-state index >= 15 is 0 Å². The highest BCUT2D eigenvalue weighted by molar-refractivity contribution is 5.96. The first-order valence-corrected chi connectivity index (χ1v) is 12.2. The average molecular weight is 505 g/mol. The molecular weight excluding hydrogens is 473 g/mol. The number of benzene rings is 1. The highest BCUT2D eigenvalue weighted by Crippen LogP contribution is 2.39. The molecule has 0 unspecified atom stereocenters. The van der Waals surface area contributed by atoms with Crippen LogP contribution >= 0.6 is 0 Å². The van der Waals surface area contributed by atoms with Gasteiger partial charge in [-0.25, -0.2) is 0 Å². The molecule has 0 bridgehead atoms. The van der Waals surface area contributed by atoms with Crippen LogP contribution in [0.15, 0.2) is 48.8 Å². The molecule has 2 amide bonds. The van der Waals surface area contributed by atoms with Gasteiger partial charge in [-0.05, 0) is 63.3 Å². The van der Waals surface area contributed by atoms with Crippen LogP contribution in [-0.4, -0.2) is 58.0 Å². The van der Waals surface area contributed by atoms with E-state index in [2.05, 4.69) is 27.4 Å². The molecule has 2 atom stereocenters. The monoisotopic (exact) mass is 504 g/mol. The van der Waals surface area contributed by atoms with Crippen LogP contribution in [0.1, 0.15) is 60.5 Å². The van der Waals surface area contributed by atoms with Crippen molar-refractivity contribution in [1.29, 1.82) is 0 Å². The second kappa shape index (κ2) is 10.6. The summed E-state index contributed by atoms with van der Waals surface area (Å²) >= 11 is 0. The van der Waals surface area contributed by atoms with Crippen molar-refractivity contribution in [2.24, 2.45) is 0 Å². The molecule has 0 radical (unpaired) electrons. The molecule has 1 aliphatic heterocycles. The number of rotatable bonds is 6. The Hall–Kier alpha value is -2.98.